The van der Waals surface area contributed by atoms with Gasteiger partial charge in [-0.05, 0) is 47.1 Å². The van der Waals surface area contributed by atoms with E-state index in [-0.39, 0.29) is 0 Å². The van der Waals surface area contributed by atoms with E-state index in [4.69, 9.17) is 4.74 Å². The largest absolute Gasteiger partial charge is 0.496 e. The quantitative estimate of drug-likeness (QED) is 0.843. The van der Waals surface area contributed by atoms with Gasteiger partial charge in [-0.25, -0.2) is 4.98 Å². The zero-order valence-electron chi connectivity index (χ0n) is 9.61. The van der Waals surface area contributed by atoms with Crippen LogP contribution in [0, 0.1) is 6.92 Å². The molecule has 4 heteroatoms. The van der Waals surface area contributed by atoms with E-state index in [1.165, 1.54) is 0 Å². The van der Waals surface area contributed by atoms with Crippen molar-refractivity contribution in [2.45, 2.75) is 16.8 Å². The summed E-state index contributed by atoms with van der Waals surface area (Å²) in [5, 5.41) is 0.968. The van der Waals surface area contributed by atoms with Crippen molar-refractivity contribution in [1.29, 1.82) is 0 Å². The molecule has 0 amide bonds. The van der Waals surface area contributed by atoms with E-state index in [0.29, 0.717) is 0 Å². The zero-order valence-corrected chi connectivity index (χ0v) is 12.0. The van der Waals surface area contributed by atoms with Gasteiger partial charge in [0.05, 0.1) is 17.7 Å². The minimum absolute atomic E-state index is 0.875. The molecule has 2 aromatic rings. The molecule has 0 radical (unpaired) electrons. The number of methoxy groups -OCH3 is 1. The van der Waals surface area contributed by atoms with E-state index in [0.717, 1.165) is 25.8 Å². The Balaban J connectivity index is 2.28. The van der Waals surface area contributed by atoms with Gasteiger partial charge < -0.3 is 4.74 Å². The predicted molar refractivity (Wildman–Crippen MR) is 73.8 cm³/mol. The molecular formula is C13H12BrNOS. The summed E-state index contributed by atoms with van der Waals surface area (Å²) in [6, 6.07) is 11.9. The summed E-state index contributed by atoms with van der Waals surface area (Å²) in [6.45, 7) is 1.98. The molecule has 0 aliphatic rings. The molecule has 0 unspecified atom stereocenters. The molecule has 17 heavy (non-hydrogen) atoms. The van der Waals surface area contributed by atoms with Gasteiger partial charge in [0.2, 0.25) is 0 Å². The highest BCUT2D eigenvalue weighted by Gasteiger charge is 2.06. The van der Waals surface area contributed by atoms with Gasteiger partial charge in [-0.15, -0.1) is 0 Å². The molecular weight excluding hydrogens is 298 g/mol. The van der Waals surface area contributed by atoms with Gasteiger partial charge in [0.25, 0.3) is 0 Å². The van der Waals surface area contributed by atoms with Crippen LogP contribution in [0.5, 0.6) is 5.75 Å². The molecule has 0 aliphatic heterocycles. The average molecular weight is 310 g/mol. The fourth-order valence-corrected chi connectivity index (χ4v) is 2.56. The van der Waals surface area contributed by atoms with Crippen molar-refractivity contribution >= 4 is 27.7 Å². The maximum Gasteiger partial charge on any atom is 0.132 e. The van der Waals surface area contributed by atoms with Crippen LogP contribution in [0.4, 0.5) is 0 Å². The number of nitrogens with zero attached hydrogens (tertiary/aromatic N) is 1. The Morgan fingerprint density at radius 3 is 2.65 bits per heavy atom. The first kappa shape index (κ1) is 12.5. The van der Waals surface area contributed by atoms with Crippen molar-refractivity contribution in [3.63, 3.8) is 0 Å². The third-order valence-electron chi connectivity index (χ3n) is 2.28. The number of ether oxygens (including phenoxy) is 1. The van der Waals surface area contributed by atoms with Crippen LogP contribution in [0.15, 0.2) is 50.8 Å². The van der Waals surface area contributed by atoms with Crippen LogP contribution in [-0.2, 0) is 0 Å². The van der Waals surface area contributed by atoms with Crippen molar-refractivity contribution in [2.24, 2.45) is 0 Å². The lowest BCUT2D eigenvalue weighted by molar-refractivity contribution is 0.405. The minimum atomic E-state index is 0.875. The van der Waals surface area contributed by atoms with Crippen LogP contribution in [0.25, 0.3) is 0 Å². The smallest absolute Gasteiger partial charge is 0.132 e. The number of aromatic nitrogens is 1. The predicted octanol–water partition coefficient (Wildman–Crippen LogP) is 4.31. The fourth-order valence-electron chi connectivity index (χ4n) is 1.39. The molecule has 1 aromatic heterocycles. The second kappa shape index (κ2) is 5.56. The van der Waals surface area contributed by atoms with Crippen molar-refractivity contribution in [2.75, 3.05) is 7.11 Å². The maximum atomic E-state index is 5.31. The second-order valence-electron chi connectivity index (χ2n) is 3.47. The SMILES string of the molecule is COc1ccccc1Sc1ccc(Br)c(C)n1. The molecule has 1 heterocycles. The summed E-state index contributed by atoms with van der Waals surface area (Å²) in [5.74, 6) is 0.875. The third-order valence-corrected chi connectivity index (χ3v) is 4.11. The van der Waals surface area contributed by atoms with Crippen molar-refractivity contribution in [3.05, 3.63) is 46.6 Å². The lowest BCUT2D eigenvalue weighted by atomic mass is 10.3. The van der Waals surface area contributed by atoms with Crippen LogP contribution in [0.1, 0.15) is 5.69 Å². The molecule has 0 aliphatic carbocycles. The lowest BCUT2D eigenvalue weighted by Crippen LogP contribution is -1.88. The van der Waals surface area contributed by atoms with Gasteiger partial charge in [0.1, 0.15) is 10.8 Å². The summed E-state index contributed by atoms with van der Waals surface area (Å²) in [7, 11) is 1.68. The first-order chi connectivity index (χ1) is 8.20. The van der Waals surface area contributed by atoms with Crippen molar-refractivity contribution < 1.29 is 4.74 Å². The minimum Gasteiger partial charge on any atom is -0.496 e. The molecule has 0 N–H and O–H groups in total. The number of aryl methyl sites for hydroxylation is 1. The number of halogens is 1. The first-order valence-electron chi connectivity index (χ1n) is 5.14. The molecule has 0 bridgehead atoms. The molecule has 0 atom stereocenters. The number of pyridine rings is 1. The van der Waals surface area contributed by atoms with E-state index in [1.807, 2.05) is 43.3 Å². The highest BCUT2D eigenvalue weighted by Crippen LogP contribution is 2.34. The Morgan fingerprint density at radius 1 is 1.18 bits per heavy atom. The summed E-state index contributed by atoms with van der Waals surface area (Å²) < 4.78 is 6.34. The number of rotatable bonds is 3. The topological polar surface area (TPSA) is 22.1 Å². The van der Waals surface area contributed by atoms with Gasteiger partial charge in [-0.3, -0.25) is 0 Å². The normalized spacial score (nSPS) is 10.3. The van der Waals surface area contributed by atoms with Gasteiger partial charge in [-0.1, -0.05) is 23.9 Å². The summed E-state index contributed by atoms with van der Waals surface area (Å²) in [4.78, 5) is 5.58. The highest BCUT2D eigenvalue weighted by molar-refractivity contribution is 9.10. The Kier molecular flexibility index (Phi) is 4.07. The number of hydrogen-bond donors (Lipinski definition) is 0. The summed E-state index contributed by atoms with van der Waals surface area (Å²) in [5.41, 5.74) is 0.991. The number of benzene rings is 1. The average Bonchev–Trinajstić information content (AvgIpc) is 2.34. The van der Waals surface area contributed by atoms with Gasteiger partial charge >= 0.3 is 0 Å². The highest BCUT2D eigenvalue weighted by atomic mass is 79.9. The van der Waals surface area contributed by atoms with Crippen molar-refractivity contribution in [3.8, 4) is 5.75 Å². The summed E-state index contributed by atoms with van der Waals surface area (Å²) >= 11 is 5.05. The Bertz CT molecular complexity index is 531. The Hall–Kier alpha value is -1.00. The first-order valence-corrected chi connectivity index (χ1v) is 6.75. The second-order valence-corrected chi connectivity index (χ2v) is 5.39. The van der Waals surface area contributed by atoms with E-state index in [1.54, 1.807) is 18.9 Å². The Labute approximate surface area is 114 Å². The monoisotopic (exact) mass is 309 g/mol. The number of hydrogen-bond acceptors (Lipinski definition) is 3. The van der Waals surface area contributed by atoms with E-state index in [9.17, 15) is 0 Å². The van der Waals surface area contributed by atoms with Crippen LogP contribution >= 0.6 is 27.7 Å². The molecule has 2 rings (SSSR count). The van der Waals surface area contributed by atoms with E-state index in [2.05, 4.69) is 20.9 Å². The zero-order chi connectivity index (χ0) is 12.3. The van der Waals surface area contributed by atoms with E-state index < -0.39 is 0 Å². The Morgan fingerprint density at radius 2 is 1.94 bits per heavy atom. The van der Waals surface area contributed by atoms with Crippen molar-refractivity contribution in [1.82, 2.24) is 4.98 Å². The standard InChI is InChI=1S/C13H12BrNOS/c1-9-10(14)7-8-13(15-9)17-12-6-4-3-5-11(12)16-2/h3-8H,1-2H3. The fraction of sp³-hybridized carbons (Fsp3) is 0.154. The molecule has 1 aromatic carbocycles. The van der Waals surface area contributed by atoms with Crippen LogP contribution in [0.2, 0.25) is 0 Å². The molecule has 0 fully saturated rings. The van der Waals surface area contributed by atoms with Crippen LogP contribution in [-0.4, -0.2) is 12.1 Å². The van der Waals surface area contributed by atoms with Gasteiger partial charge in [0.15, 0.2) is 0 Å². The van der Waals surface area contributed by atoms with Gasteiger partial charge in [-0.2, -0.15) is 0 Å². The van der Waals surface area contributed by atoms with Gasteiger partial charge in [0, 0.05) is 4.47 Å². The third kappa shape index (κ3) is 3.01. The molecule has 2 nitrogen and oxygen atoms in total. The van der Waals surface area contributed by atoms with Crippen LogP contribution in [0.3, 0.4) is 0 Å². The summed E-state index contributed by atoms with van der Waals surface area (Å²) in [6.07, 6.45) is 0. The molecule has 0 saturated carbocycles. The van der Waals surface area contributed by atoms with E-state index >= 15 is 0 Å². The lowest BCUT2D eigenvalue weighted by Gasteiger charge is -2.07. The van der Waals surface area contributed by atoms with Crippen LogP contribution < -0.4 is 4.74 Å². The number of para-hydroxylation sites is 1. The molecule has 0 spiro atoms. The maximum absolute atomic E-state index is 5.31. The molecule has 88 valence electrons. The molecule has 0 saturated heterocycles.